The molecule has 86 valence electrons. The van der Waals surface area contributed by atoms with Gasteiger partial charge in [0, 0.05) is 0 Å². The second-order valence-electron chi connectivity index (χ2n) is 4.58. The molecule has 1 aliphatic rings. The van der Waals surface area contributed by atoms with Gasteiger partial charge < -0.3 is 15.8 Å². The van der Waals surface area contributed by atoms with E-state index in [0.29, 0.717) is 12.8 Å². The van der Waals surface area contributed by atoms with Gasteiger partial charge in [0.05, 0.1) is 12.6 Å². The van der Waals surface area contributed by atoms with Gasteiger partial charge in [-0.05, 0) is 33.1 Å². The second kappa shape index (κ2) is 3.81. The van der Waals surface area contributed by atoms with Gasteiger partial charge >= 0.3 is 5.97 Å². The van der Waals surface area contributed by atoms with Gasteiger partial charge in [0.1, 0.15) is 5.54 Å². The van der Waals surface area contributed by atoms with Gasteiger partial charge in [-0.25, -0.2) is 4.79 Å². The molecule has 5 nitrogen and oxygen atoms in total. The van der Waals surface area contributed by atoms with Crippen LogP contribution in [0, 0.1) is 0 Å². The van der Waals surface area contributed by atoms with Crippen LogP contribution in [-0.2, 0) is 14.3 Å². The smallest absolute Gasteiger partial charge is 0.330 e. The SMILES string of the molecule is COC(=O)C(C)(C)NC(=O)C1(N)CCC1. The third-order valence-electron chi connectivity index (χ3n) is 2.82. The Kier molecular flexibility index (Phi) is 3.04. The van der Waals surface area contributed by atoms with Crippen LogP contribution < -0.4 is 11.1 Å². The molecule has 1 amide bonds. The average Bonchev–Trinajstić information content (AvgIpc) is 2.11. The van der Waals surface area contributed by atoms with Crippen LogP contribution in [0.5, 0.6) is 0 Å². The topological polar surface area (TPSA) is 81.4 Å². The molecule has 0 unspecified atom stereocenters. The fourth-order valence-electron chi connectivity index (χ4n) is 1.50. The zero-order valence-corrected chi connectivity index (χ0v) is 9.42. The molecule has 0 aromatic carbocycles. The van der Waals surface area contributed by atoms with E-state index in [9.17, 15) is 9.59 Å². The van der Waals surface area contributed by atoms with E-state index < -0.39 is 17.0 Å². The first-order valence-electron chi connectivity index (χ1n) is 5.02. The Bertz CT molecular complexity index is 282. The van der Waals surface area contributed by atoms with Crippen molar-refractivity contribution in [1.82, 2.24) is 5.32 Å². The monoisotopic (exact) mass is 214 g/mol. The molecule has 0 heterocycles. The lowest BCUT2D eigenvalue weighted by Gasteiger charge is -2.38. The summed E-state index contributed by atoms with van der Waals surface area (Å²) in [5.74, 6) is -0.747. The first-order chi connectivity index (χ1) is 6.82. The lowest BCUT2D eigenvalue weighted by molar-refractivity contribution is -0.150. The Morgan fingerprint density at radius 1 is 1.40 bits per heavy atom. The zero-order chi connectivity index (χ0) is 11.7. The van der Waals surface area contributed by atoms with Crippen LogP contribution in [0.15, 0.2) is 0 Å². The number of carbonyl (C=O) groups is 2. The van der Waals surface area contributed by atoms with Gasteiger partial charge in [-0.2, -0.15) is 0 Å². The Hall–Kier alpha value is -1.10. The number of nitrogens with two attached hydrogens (primary N) is 1. The summed E-state index contributed by atoms with van der Waals surface area (Å²) in [6.07, 6.45) is 2.31. The number of amides is 1. The van der Waals surface area contributed by atoms with Crippen LogP contribution >= 0.6 is 0 Å². The number of methoxy groups -OCH3 is 1. The van der Waals surface area contributed by atoms with Crippen molar-refractivity contribution in [2.24, 2.45) is 5.73 Å². The van der Waals surface area contributed by atoms with Crippen molar-refractivity contribution in [2.45, 2.75) is 44.2 Å². The summed E-state index contributed by atoms with van der Waals surface area (Å²) in [6.45, 7) is 3.19. The number of ether oxygens (including phenoxy) is 1. The molecule has 0 atom stereocenters. The number of carbonyl (C=O) groups excluding carboxylic acids is 2. The third-order valence-corrected chi connectivity index (χ3v) is 2.82. The predicted molar refractivity (Wildman–Crippen MR) is 55.0 cm³/mol. The van der Waals surface area contributed by atoms with E-state index in [-0.39, 0.29) is 5.91 Å². The van der Waals surface area contributed by atoms with Gasteiger partial charge in [0.15, 0.2) is 0 Å². The zero-order valence-electron chi connectivity index (χ0n) is 9.42. The molecule has 15 heavy (non-hydrogen) atoms. The summed E-state index contributed by atoms with van der Waals surface area (Å²) >= 11 is 0. The van der Waals surface area contributed by atoms with E-state index in [0.717, 1.165) is 6.42 Å². The van der Waals surface area contributed by atoms with E-state index >= 15 is 0 Å². The highest BCUT2D eigenvalue weighted by atomic mass is 16.5. The molecule has 0 radical (unpaired) electrons. The van der Waals surface area contributed by atoms with E-state index in [1.165, 1.54) is 7.11 Å². The minimum absolute atomic E-state index is 0.274. The minimum Gasteiger partial charge on any atom is -0.467 e. The quantitative estimate of drug-likeness (QED) is 0.645. The number of hydrogen-bond acceptors (Lipinski definition) is 4. The van der Waals surface area contributed by atoms with Crippen LogP contribution in [0.1, 0.15) is 33.1 Å². The second-order valence-corrected chi connectivity index (χ2v) is 4.58. The van der Waals surface area contributed by atoms with Crippen molar-refractivity contribution in [3.05, 3.63) is 0 Å². The molecule has 0 spiro atoms. The van der Waals surface area contributed by atoms with E-state index in [1.54, 1.807) is 13.8 Å². The van der Waals surface area contributed by atoms with Crippen molar-refractivity contribution in [2.75, 3.05) is 7.11 Å². The summed E-state index contributed by atoms with van der Waals surface area (Å²) in [6, 6.07) is 0. The fraction of sp³-hybridized carbons (Fsp3) is 0.800. The molecule has 1 saturated carbocycles. The Labute approximate surface area is 89.3 Å². The molecule has 5 heteroatoms. The van der Waals surface area contributed by atoms with E-state index in [1.807, 2.05) is 0 Å². The highest BCUT2D eigenvalue weighted by Crippen LogP contribution is 2.29. The third kappa shape index (κ3) is 2.28. The van der Waals surface area contributed by atoms with Crippen LogP contribution in [0.3, 0.4) is 0 Å². The maximum Gasteiger partial charge on any atom is 0.330 e. The van der Waals surface area contributed by atoms with Crippen LogP contribution in [0.4, 0.5) is 0 Å². The average molecular weight is 214 g/mol. The maximum absolute atomic E-state index is 11.7. The fourth-order valence-corrected chi connectivity index (χ4v) is 1.50. The summed E-state index contributed by atoms with van der Waals surface area (Å²) in [5, 5.41) is 2.61. The lowest BCUT2D eigenvalue weighted by Crippen LogP contribution is -2.63. The van der Waals surface area contributed by atoms with E-state index in [2.05, 4.69) is 10.1 Å². The Balaban J connectivity index is 2.61. The van der Waals surface area contributed by atoms with Crippen LogP contribution in [-0.4, -0.2) is 30.1 Å². The van der Waals surface area contributed by atoms with Gasteiger partial charge in [-0.3, -0.25) is 4.79 Å². The normalized spacial score (nSPS) is 18.9. The highest BCUT2D eigenvalue weighted by Gasteiger charge is 2.43. The maximum atomic E-state index is 11.7. The van der Waals surface area contributed by atoms with Gasteiger partial charge in [0.25, 0.3) is 0 Å². The summed E-state index contributed by atoms with van der Waals surface area (Å²) in [4.78, 5) is 23.1. The highest BCUT2D eigenvalue weighted by molar-refractivity contribution is 5.92. The first kappa shape index (κ1) is 12.0. The van der Waals surface area contributed by atoms with Crippen molar-refractivity contribution >= 4 is 11.9 Å². The number of hydrogen-bond donors (Lipinski definition) is 2. The lowest BCUT2D eigenvalue weighted by atomic mass is 9.76. The molecule has 0 saturated heterocycles. The molecule has 0 aliphatic heterocycles. The first-order valence-corrected chi connectivity index (χ1v) is 5.02. The molecule has 3 N–H and O–H groups in total. The molecule has 1 fully saturated rings. The van der Waals surface area contributed by atoms with Gasteiger partial charge in [-0.1, -0.05) is 0 Å². The van der Waals surface area contributed by atoms with Crippen molar-refractivity contribution in [3.63, 3.8) is 0 Å². The molecular weight excluding hydrogens is 196 g/mol. The number of rotatable bonds is 3. The van der Waals surface area contributed by atoms with E-state index in [4.69, 9.17) is 5.73 Å². The number of nitrogens with one attached hydrogen (secondary N) is 1. The summed E-state index contributed by atoms with van der Waals surface area (Å²) in [7, 11) is 1.29. The van der Waals surface area contributed by atoms with Crippen LogP contribution in [0.2, 0.25) is 0 Å². The van der Waals surface area contributed by atoms with Crippen molar-refractivity contribution in [3.8, 4) is 0 Å². The Morgan fingerprint density at radius 2 is 1.93 bits per heavy atom. The predicted octanol–water partition coefficient (Wildman–Crippen LogP) is -0.0644. The minimum atomic E-state index is -1.02. The number of esters is 1. The molecule has 1 aliphatic carbocycles. The molecule has 0 aromatic heterocycles. The molecule has 1 rings (SSSR count). The largest absolute Gasteiger partial charge is 0.467 e. The molecule has 0 aromatic rings. The summed E-state index contributed by atoms with van der Waals surface area (Å²) in [5.41, 5.74) is 4.02. The molecule has 0 bridgehead atoms. The molecular formula is C10H18N2O3. The Morgan fingerprint density at radius 3 is 2.27 bits per heavy atom. The van der Waals surface area contributed by atoms with Gasteiger partial charge in [-0.15, -0.1) is 0 Å². The standard InChI is InChI=1S/C10H18N2O3/c1-9(2,8(14)15-3)12-7(13)10(11)5-4-6-10/h4-6,11H2,1-3H3,(H,12,13). The van der Waals surface area contributed by atoms with Crippen LogP contribution in [0.25, 0.3) is 0 Å². The summed E-state index contributed by atoms with van der Waals surface area (Å²) < 4.78 is 4.59. The van der Waals surface area contributed by atoms with Gasteiger partial charge in [0.2, 0.25) is 5.91 Å². The van der Waals surface area contributed by atoms with Crippen molar-refractivity contribution in [1.29, 1.82) is 0 Å². The van der Waals surface area contributed by atoms with Crippen molar-refractivity contribution < 1.29 is 14.3 Å².